The summed E-state index contributed by atoms with van der Waals surface area (Å²) in [6.45, 7) is 18.4. The molecule has 0 bridgehead atoms. The molecule has 2 nitrogen and oxygen atoms in total. The molecule has 0 aromatic carbocycles. The molecule has 0 radical (unpaired) electrons. The van der Waals surface area contributed by atoms with Crippen LogP contribution in [0.3, 0.4) is 0 Å². The van der Waals surface area contributed by atoms with E-state index < -0.39 is 0 Å². The SMILES string of the molecule is CC(CNC(C)(C)C)CC(C)OC(C)(C)C. The van der Waals surface area contributed by atoms with Gasteiger partial charge in [0.25, 0.3) is 0 Å². The largest absolute Gasteiger partial charge is 0.373 e. The second kappa shape index (κ2) is 6.02. The maximum absolute atomic E-state index is 5.91. The van der Waals surface area contributed by atoms with Crippen molar-refractivity contribution in [2.24, 2.45) is 5.92 Å². The Labute approximate surface area is 102 Å². The zero-order valence-electron chi connectivity index (χ0n) is 12.5. The van der Waals surface area contributed by atoms with Gasteiger partial charge in [-0.05, 0) is 67.3 Å². The topological polar surface area (TPSA) is 21.3 Å². The van der Waals surface area contributed by atoms with Gasteiger partial charge in [0.2, 0.25) is 0 Å². The van der Waals surface area contributed by atoms with E-state index in [0.29, 0.717) is 12.0 Å². The summed E-state index contributed by atoms with van der Waals surface area (Å²) in [5.41, 5.74) is 0.180. The third-order valence-corrected chi connectivity index (χ3v) is 2.27. The van der Waals surface area contributed by atoms with Gasteiger partial charge in [-0.2, -0.15) is 0 Å². The molecule has 0 fully saturated rings. The van der Waals surface area contributed by atoms with E-state index in [1.807, 2.05) is 0 Å². The number of nitrogens with one attached hydrogen (secondary N) is 1. The highest BCUT2D eigenvalue weighted by Crippen LogP contribution is 2.16. The quantitative estimate of drug-likeness (QED) is 0.777. The van der Waals surface area contributed by atoms with Gasteiger partial charge in [-0.15, -0.1) is 0 Å². The first-order valence-electron chi connectivity index (χ1n) is 6.42. The van der Waals surface area contributed by atoms with Gasteiger partial charge in [0.15, 0.2) is 0 Å². The van der Waals surface area contributed by atoms with Crippen LogP contribution in [0.25, 0.3) is 0 Å². The van der Waals surface area contributed by atoms with Gasteiger partial charge in [-0.1, -0.05) is 6.92 Å². The van der Waals surface area contributed by atoms with Gasteiger partial charge in [-0.3, -0.25) is 0 Å². The Morgan fingerprint density at radius 2 is 1.50 bits per heavy atom. The van der Waals surface area contributed by atoms with Crippen LogP contribution in [0.4, 0.5) is 0 Å². The number of hydrogen-bond donors (Lipinski definition) is 1. The molecule has 0 rings (SSSR count). The smallest absolute Gasteiger partial charge is 0.0602 e. The van der Waals surface area contributed by atoms with Crippen molar-refractivity contribution >= 4 is 0 Å². The summed E-state index contributed by atoms with van der Waals surface area (Å²) in [7, 11) is 0. The minimum atomic E-state index is -0.0312. The Morgan fingerprint density at radius 1 is 1.00 bits per heavy atom. The Balaban J connectivity index is 3.83. The molecular formula is C14H31NO. The van der Waals surface area contributed by atoms with Gasteiger partial charge in [-0.25, -0.2) is 0 Å². The molecule has 0 amide bonds. The Kier molecular flexibility index (Phi) is 5.99. The first-order valence-corrected chi connectivity index (χ1v) is 6.42. The molecule has 0 saturated heterocycles. The lowest BCUT2D eigenvalue weighted by molar-refractivity contribution is -0.0593. The highest BCUT2D eigenvalue weighted by molar-refractivity contribution is 4.73. The van der Waals surface area contributed by atoms with E-state index in [0.717, 1.165) is 13.0 Å². The van der Waals surface area contributed by atoms with Crippen LogP contribution in [0.1, 0.15) is 61.8 Å². The lowest BCUT2D eigenvalue weighted by Gasteiger charge is -2.28. The Morgan fingerprint density at radius 3 is 1.88 bits per heavy atom. The van der Waals surface area contributed by atoms with Gasteiger partial charge in [0, 0.05) is 5.54 Å². The summed E-state index contributed by atoms with van der Waals surface area (Å²) in [5.74, 6) is 0.650. The molecule has 1 N–H and O–H groups in total. The molecular weight excluding hydrogens is 198 g/mol. The molecule has 0 spiro atoms. The van der Waals surface area contributed by atoms with Gasteiger partial charge < -0.3 is 10.1 Å². The molecule has 0 aliphatic carbocycles. The third-order valence-electron chi connectivity index (χ3n) is 2.27. The summed E-state index contributed by atoms with van der Waals surface area (Å²) in [6, 6.07) is 0. The fourth-order valence-electron chi connectivity index (χ4n) is 1.78. The van der Waals surface area contributed by atoms with E-state index in [2.05, 4.69) is 60.7 Å². The van der Waals surface area contributed by atoms with Crippen molar-refractivity contribution in [1.82, 2.24) is 5.32 Å². The Hall–Kier alpha value is -0.0800. The fourth-order valence-corrected chi connectivity index (χ4v) is 1.78. The van der Waals surface area contributed by atoms with E-state index >= 15 is 0 Å². The molecule has 0 aromatic heterocycles. The van der Waals surface area contributed by atoms with Crippen molar-refractivity contribution in [2.45, 2.75) is 79.1 Å². The van der Waals surface area contributed by atoms with Crippen LogP contribution in [0.5, 0.6) is 0 Å². The zero-order valence-corrected chi connectivity index (χ0v) is 12.5. The average Bonchev–Trinajstić information content (AvgIpc) is 1.95. The average molecular weight is 229 g/mol. The van der Waals surface area contributed by atoms with E-state index in [-0.39, 0.29) is 11.1 Å². The van der Waals surface area contributed by atoms with Crippen molar-refractivity contribution in [3.63, 3.8) is 0 Å². The van der Waals surface area contributed by atoms with Crippen LogP contribution in [-0.4, -0.2) is 23.8 Å². The molecule has 2 heteroatoms. The lowest BCUT2D eigenvalue weighted by Crippen LogP contribution is -2.39. The van der Waals surface area contributed by atoms with Gasteiger partial charge >= 0.3 is 0 Å². The molecule has 0 aromatic rings. The second-order valence-electron chi connectivity index (χ2n) is 7.01. The van der Waals surface area contributed by atoms with Crippen molar-refractivity contribution in [2.75, 3.05) is 6.54 Å². The maximum atomic E-state index is 5.91. The molecule has 98 valence electrons. The van der Waals surface area contributed by atoms with E-state index in [9.17, 15) is 0 Å². The first kappa shape index (κ1) is 15.9. The fraction of sp³-hybridized carbons (Fsp3) is 1.00. The predicted molar refractivity (Wildman–Crippen MR) is 71.8 cm³/mol. The summed E-state index contributed by atoms with van der Waals surface area (Å²) in [6.07, 6.45) is 1.44. The van der Waals surface area contributed by atoms with Crippen molar-refractivity contribution in [1.29, 1.82) is 0 Å². The van der Waals surface area contributed by atoms with Crippen LogP contribution in [0.15, 0.2) is 0 Å². The summed E-state index contributed by atoms with van der Waals surface area (Å²) >= 11 is 0. The zero-order chi connectivity index (χ0) is 13.0. The lowest BCUT2D eigenvalue weighted by atomic mass is 10.0. The van der Waals surface area contributed by atoms with Crippen molar-refractivity contribution in [3.05, 3.63) is 0 Å². The summed E-state index contributed by atoms with van der Waals surface area (Å²) in [4.78, 5) is 0. The highest BCUT2D eigenvalue weighted by Gasteiger charge is 2.18. The standard InChI is InChI=1S/C14H31NO/c1-11(10-15-13(3,4)5)9-12(2)16-14(6,7)8/h11-12,15H,9-10H2,1-8H3. The third kappa shape index (κ3) is 10.4. The Bertz CT molecular complexity index is 188. The van der Waals surface area contributed by atoms with Crippen LogP contribution in [0.2, 0.25) is 0 Å². The van der Waals surface area contributed by atoms with Crippen LogP contribution < -0.4 is 5.32 Å². The van der Waals surface area contributed by atoms with Crippen LogP contribution >= 0.6 is 0 Å². The minimum absolute atomic E-state index is 0.0312. The first-order chi connectivity index (χ1) is 6.99. The second-order valence-corrected chi connectivity index (χ2v) is 7.01. The molecule has 16 heavy (non-hydrogen) atoms. The molecule has 0 aliphatic heterocycles. The van der Waals surface area contributed by atoms with Crippen molar-refractivity contribution < 1.29 is 4.74 Å². The van der Waals surface area contributed by atoms with E-state index in [1.165, 1.54) is 0 Å². The molecule has 0 heterocycles. The molecule has 0 aliphatic rings. The number of hydrogen-bond acceptors (Lipinski definition) is 2. The summed E-state index contributed by atoms with van der Waals surface area (Å²) < 4.78 is 5.91. The maximum Gasteiger partial charge on any atom is 0.0602 e. The summed E-state index contributed by atoms with van der Waals surface area (Å²) in [5, 5.41) is 3.53. The van der Waals surface area contributed by atoms with Gasteiger partial charge in [0.05, 0.1) is 11.7 Å². The molecule has 0 saturated carbocycles. The predicted octanol–water partition coefficient (Wildman–Crippen LogP) is 3.60. The van der Waals surface area contributed by atoms with Crippen LogP contribution in [0, 0.1) is 5.92 Å². The van der Waals surface area contributed by atoms with E-state index in [1.54, 1.807) is 0 Å². The normalized spacial score (nSPS) is 17.2. The monoisotopic (exact) mass is 229 g/mol. The minimum Gasteiger partial charge on any atom is -0.373 e. The highest BCUT2D eigenvalue weighted by atomic mass is 16.5. The van der Waals surface area contributed by atoms with Crippen LogP contribution in [-0.2, 0) is 4.74 Å². The molecule has 2 unspecified atom stereocenters. The molecule has 2 atom stereocenters. The van der Waals surface area contributed by atoms with Crippen molar-refractivity contribution in [3.8, 4) is 0 Å². The van der Waals surface area contributed by atoms with E-state index in [4.69, 9.17) is 4.74 Å². The number of ether oxygens (including phenoxy) is 1. The van der Waals surface area contributed by atoms with Gasteiger partial charge in [0.1, 0.15) is 0 Å². The number of rotatable bonds is 5.